The van der Waals surface area contributed by atoms with Crippen LogP contribution in [0.1, 0.15) is 20.3 Å². The molecule has 1 aliphatic rings. The first kappa shape index (κ1) is 9.77. The summed E-state index contributed by atoms with van der Waals surface area (Å²) < 4.78 is 0. The molecule has 4 heteroatoms. The quantitative estimate of drug-likeness (QED) is 0.607. The number of amides is 1. The van der Waals surface area contributed by atoms with Crippen LogP contribution in [0.2, 0.25) is 0 Å². The normalized spacial score (nSPS) is 27.4. The molecule has 0 aromatic heterocycles. The molecule has 1 rings (SSSR count). The predicted molar refractivity (Wildman–Crippen MR) is 47.2 cm³/mol. The SMILES string of the molecule is CC(=O)N1CCC=CC1(C)C(=O)O. The van der Waals surface area contributed by atoms with E-state index in [2.05, 4.69) is 0 Å². The molecule has 13 heavy (non-hydrogen) atoms. The van der Waals surface area contributed by atoms with Crippen molar-refractivity contribution >= 4 is 11.9 Å². The molecule has 72 valence electrons. The Morgan fingerprint density at radius 1 is 1.54 bits per heavy atom. The number of carbonyl (C=O) groups is 2. The molecule has 0 bridgehead atoms. The van der Waals surface area contributed by atoms with Gasteiger partial charge in [0.1, 0.15) is 0 Å². The van der Waals surface area contributed by atoms with Gasteiger partial charge in [-0.1, -0.05) is 12.2 Å². The minimum atomic E-state index is -1.16. The Kier molecular flexibility index (Phi) is 2.40. The van der Waals surface area contributed by atoms with Gasteiger partial charge in [0.25, 0.3) is 0 Å². The van der Waals surface area contributed by atoms with Gasteiger partial charge in [-0.15, -0.1) is 0 Å². The number of hydrogen-bond donors (Lipinski definition) is 1. The van der Waals surface area contributed by atoms with Crippen molar-refractivity contribution in [3.8, 4) is 0 Å². The van der Waals surface area contributed by atoms with E-state index in [9.17, 15) is 9.59 Å². The molecule has 0 aromatic rings. The van der Waals surface area contributed by atoms with Crippen LogP contribution in [0.25, 0.3) is 0 Å². The highest BCUT2D eigenvalue weighted by Gasteiger charge is 2.39. The molecular weight excluding hydrogens is 170 g/mol. The molecule has 1 aliphatic heterocycles. The van der Waals surface area contributed by atoms with E-state index in [0.717, 1.165) is 6.42 Å². The van der Waals surface area contributed by atoms with Crippen LogP contribution >= 0.6 is 0 Å². The van der Waals surface area contributed by atoms with Gasteiger partial charge in [0.05, 0.1) is 0 Å². The number of nitrogens with zero attached hydrogens (tertiary/aromatic N) is 1. The predicted octanol–water partition coefficient (Wildman–Crippen LogP) is 0.638. The fourth-order valence-electron chi connectivity index (χ4n) is 1.51. The smallest absolute Gasteiger partial charge is 0.333 e. The van der Waals surface area contributed by atoms with Gasteiger partial charge in [-0.05, 0) is 13.3 Å². The first-order valence-electron chi connectivity index (χ1n) is 4.18. The van der Waals surface area contributed by atoms with E-state index in [1.165, 1.54) is 18.7 Å². The zero-order chi connectivity index (χ0) is 10.1. The average Bonchev–Trinajstić information content (AvgIpc) is 2.04. The van der Waals surface area contributed by atoms with Crippen LogP contribution in [0.3, 0.4) is 0 Å². The summed E-state index contributed by atoms with van der Waals surface area (Å²) in [5.74, 6) is -1.19. The summed E-state index contributed by atoms with van der Waals surface area (Å²) in [6, 6.07) is 0. The molecule has 0 aliphatic carbocycles. The van der Waals surface area contributed by atoms with Gasteiger partial charge < -0.3 is 10.0 Å². The maximum absolute atomic E-state index is 11.1. The third-order valence-corrected chi connectivity index (χ3v) is 2.34. The van der Waals surface area contributed by atoms with E-state index in [1.807, 2.05) is 0 Å². The Balaban J connectivity index is 3.02. The molecular formula is C9H13NO3. The van der Waals surface area contributed by atoms with Crippen LogP contribution in [0, 0.1) is 0 Å². The van der Waals surface area contributed by atoms with Crippen LogP contribution < -0.4 is 0 Å². The highest BCUT2D eigenvalue weighted by atomic mass is 16.4. The Morgan fingerprint density at radius 2 is 2.15 bits per heavy atom. The Morgan fingerprint density at radius 3 is 2.54 bits per heavy atom. The maximum Gasteiger partial charge on any atom is 0.333 e. The number of aliphatic carboxylic acids is 1. The lowest BCUT2D eigenvalue weighted by atomic mass is 9.95. The first-order valence-corrected chi connectivity index (χ1v) is 4.18. The summed E-state index contributed by atoms with van der Waals surface area (Å²) in [4.78, 5) is 23.5. The van der Waals surface area contributed by atoms with Crippen molar-refractivity contribution in [2.45, 2.75) is 25.8 Å². The number of hydrogen-bond acceptors (Lipinski definition) is 2. The third kappa shape index (κ3) is 1.56. The highest BCUT2D eigenvalue weighted by Crippen LogP contribution is 2.22. The van der Waals surface area contributed by atoms with Crippen LogP contribution in [0.5, 0.6) is 0 Å². The van der Waals surface area contributed by atoms with Crippen LogP contribution in [0.15, 0.2) is 12.2 Å². The maximum atomic E-state index is 11.1. The molecule has 4 nitrogen and oxygen atoms in total. The summed E-state index contributed by atoms with van der Waals surface area (Å²) in [5, 5.41) is 8.97. The lowest BCUT2D eigenvalue weighted by Crippen LogP contribution is -2.54. The van der Waals surface area contributed by atoms with E-state index in [1.54, 1.807) is 12.2 Å². The standard InChI is InChI=1S/C9H13NO3/c1-7(11)10-6-4-3-5-9(10,2)8(12)13/h3,5H,4,6H2,1-2H3,(H,12,13). The molecule has 1 unspecified atom stereocenters. The lowest BCUT2D eigenvalue weighted by Gasteiger charge is -2.37. The summed E-state index contributed by atoms with van der Waals surface area (Å²) in [6.45, 7) is 3.40. The number of carboxylic acids is 1. The van der Waals surface area contributed by atoms with E-state index in [-0.39, 0.29) is 5.91 Å². The van der Waals surface area contributed by atoms with Crippen molar-refractivity contribution in [1.82, 2.24) is 4.90 Å². The second-order valence-corrected chi connectivity index (χ2v) is 3.31. The van der Waals surface area contributed by atoms with Crippen molar-refractivity contribution < 1.29 is 14.7 Å². The Bertz CT molecular complexity index is 272. The third-order valence-electron chi connectivity index (χ3n) is 2.34. The molecule has 0 fully saturated rings. The minimum Gasteiger partial charge on any atom is -0.479 e. The molecule has 0 saturated carbocycles. The van der Waals surface area contributed by atoms with Crippen molar-refractivity contribution in [2.24, 2.45) is 0 Å². The summed E-state index contributed by atoms with van der Waals surface area (Å²) >= 11 is 0. The number of carbonyl (C=O) groups excluding carboxylic acids is 1. The fourth-order valence-corrected chi connectivity index (χ4v) is 1.51. The first-order chi connectivity index (χ1) is 5.98. The molecule has 1 atom stereocenters. The molecule has 1 amide bonds. The number of rotatable bonds is 1. The Hall–Kier alpha value is -1.32. The molecule has 0 spiro atoms. The molecule has 1 N–H and O–H groups in total. The van der Waals surface area contributed by atoms with E-state index in [0.29, 0.717) is 6.54 Å². The lowest BCUT2D eigenvalue weighted by molar-refractivity contribution is -0.154. The van der Waals surface area contributed by atoms with Gasteiger partial charge in [0.2, 0.25) is 5.91 Å². The van der Waals surface area contributed by atoms with Crippen molar-refractivity contribution in [2.75, 3.05) is 6.54 Å². The van der Waals surface area contributed by atoms with Crippen LogP contribution in [-0.2, 0) is 9.59 Å². The second kappa shape index (κ2) is 3.20. The molecule has 0 radical (unpaired) electrons. The van der Waals surface area contributed by atoms with Gasteiger partial charge in [0.15, 0.2) is 5.54 Å². The summed E-state index contributed by atoms with van der Waals surface area (Å²) in [6.07, 6.45) is 4.09. The van der Waals surface area contributed by atoms with Gasteiger partial charge in [-0.2, -0.15) is 0 Å². The van der Waals surface area contributed by atoms with E-state index in [4.69, 9.17) is 5.11 Å². The zero-order valence-corrected chi connectivity index (χ0v) is 7.78. The van der Waals surface area contributed by atoms with E-state index >= 15 is 0 Å². The summed E-state index contributed by atoms with van der Waals surface area (Å²) in [5.41, 5.74) is -1.16. The monoisotopic (exact) mass is 183 g/mol. The topological polar surface area (TPSA) is 57.6 Å². The van der Waals surface area contributed by atoms with Crippen molar-refractivity contribution in [3.63, 3.8) is 0 Å². The van der Waals surface area contributed by atoms with Crippen LogP contribution in [0.4, 0.5) is 0 Å². The Labute approximate surface area is 76.8 Å². The molecule has 1 heterocycles. The zero-order valence-electron chi connectivity index (χ0n) is 7.78. The highest BCUT2D eigenvalue weighted by molar-refractivity contribution is 5.88. The minimum absolute atomic E-state index is 0.200. The number of carboxylic acid groups (broad SMARTS) is 1. The van der Waals surface area contributed by atoms with Gasteiger partial charge in [0, 0.05) is 13.5 Å². The fraction of sp³-hybridized carbons (Fsp3) is 0.556. The van der Waals surface area contributed by atoms with E-state index < -0.39 is 11.5 Å². The van der Waals surface area contributed by atoms with Gasteiger partial charge >= 0.3 is 5.97 Å². The largest absolute Gasteiger partial charge is 0.479 e. The second-order valence-electron chi connectivity index (χ2n) is 3.31. The molecule has 0 saturated heterocycles. The van der Waals surface area contributed by atoms with Gasteiger partial charge in [-0.3, -0.25) is 4.79 Å². The van der Waals surface area contributed by atoms with Gasteiger partial charge in [-0.25, -0.2) is 4.79 Å². The molecule has 0 aromatic carbocycles. The summed E-state index contributed by atoms with van der Waals surface area (Å²) in [7, 11) is 0. The van der Waals surface area contributed by atoms with Crippen LogP contribution in [-0.4, -0.2) is 34.0 Å². The average molecular weight is 183 g/mol. The van der Waals surface area contributed by atoms with Crippen molar-refractivity contribution in [3.05, 3.63) is 12.2 Å². The van der Waals surface area contributed by atoms with Crippen molar-refractivity contribution in [1.29, 1.82) is 0 Å².